The van der Waals surface area contributed by atoms with Crippen LogP contribution in [-0.2, 0) is 9.59 Å². The van der Waals surface area contributed by atoms with Gasteiger partial charge in [-0.05, 0) is 31.4 Å². The molecular formula is C25H28N4O4. The summed E-state index contributed by atoms with van der Waals surface area (Å²) < 4.78 is 11.2. The summed E-state index contributed by atoms with van der Waals surface area (Å²) in [4.78, 5) is 31.1. The number of benzene rings is 2. The van der Waals surface area contributed by atoms with Gasteiger partial charge in [-0.2, -0.15) is 4.98 Å². The molecule has 0 radical (unpaired) electrons. The molecule has 1 saturated heterocycles. The van der Waals surface area contributed by atoms with Gasteiger partial charge in [-0.15, -0.1) is 0 Å². The van der Waals surface area contributed by atoms with E-state index in [0.717, 1.165) is 30.5 Å². The molecule has 8 nitrogen and oxygen atoms in total. The summed E-state index contributed by atoms with van der Waals surface area (Å²) in [5.41, 5.74) is 1.49. The van der Waals surface area contributed by atoms with Gasteiger partial charge in [-0.3, -0.25) is 9.59 Å². The van der Waals surface area contributed by atoms with Crippen LogP contribution in [0.3, 0.4) is 0 Å². The Morgan fingerprint density at radius 3 is 2.79 bits per heavy atom. The molecule has 4 rings (SSSR count). The van der Waals surface area contributed by atoms with E-state index in [2.05, 4.69) is 15.5 Å². The first-order valence-corrected chi connectivity index (χ1v) is 11.3. The van der Waals surface area contributed by atoms with Crippen LogP contribution >= 0.6 is 0 Å². The normalized spacial score (nSPS) is 14.7. The Bertz CT molecular complexity index is 1080. The van der Waals surface area contributed by atoms with Crippen LogP contribution in [-0.4, -0.2) is 46.5 Å². The maximum absolute atomic E-state index is 13.1. The van der Waals surface area contributed by atoms with Crippen molar-refractivity contribution in [1.82, 2.24) is 20.4 Å². The van der Waals surface area contributed by atoms with Crippen LogP contribution in [0.5, 0.6) is 5.75 Å². The van der Waals surface area contributed by atoms with E-state index in [9.17, 15) is 9.59 Å². The van der Waals surface area contributed by atoms with Gasteiger partial charge < -0.3 is 19.5 Å². The molecule has 0 bridgehead atoms. The van der Waals surface area contributed by atoms with Crippen molar-refractivity contribution in [1.29, 1.82) is 0 Å². The SMILES string of the molecule is Cc1nc(-c2cccc(OC(C(=O)NCCCN3CCCCC3=O)c3ccccc3)c2)no1. The third-order valence-electron chi connectivity index (χ3n) is 5.54. The van der Waals surface area contributed by atoms with Gasteiger partial charge in [0.1, 0.15) is 5.75 Å². The first kappa shape index (κ1) is 22.5. The number of nitrogens with zero attached hydrogens (tertiary/aromatic N) is 3. The van der Waals surface area contributed by atoms with Crippen molar-refractivity contribution in [2.24, 2.45) is 0 Å². The number of carbonyl (C=O) groups excluding carboxylic acids is 2. The summed E-state index contributed by atoms with van der Waals surface area (Å²) in [7, 11) is 0. The van der Waals surface area contributed by atoms with Crippen molar-refractivity contribution in [3.05, 3.63) is 66.1 Å². The summed E-state index contributed by atoms with van der Waals surface area (Å²) in [6.07, 6.45) is 2.52. The summed E-state index contributed by atoms with van der Waals surface area (Å²) in [5.74, 6) is 1.44. The highest BCUT2D eigenvalue weighted by atomic mass is 16.5. The second-order valence-electron chi connectivity index (χ2n) is 8.06. The number of ether oxygens (including phenoxy) is 1. The molecule has 33 heavy (non-hydrogen) atoms. The number of amides is 2. The van der Waals surface area contributed by atoms with E-state index in [4.69, 9.17) is 9.26 Å². The predicted molar refractivity (Wildman–Crippen MR) is 122 cm³/mol. The fraction of sp³-hybridized carbons (Fsp3) is 0.360. The number of piperidine rings is 1. The Morgan fingerprint density at radius 2 is 2.03 bits per heavy atom. The van der Waals surface area contributed by atoms with Crippen LogP contribution in [0.25, 0.3) is 11.4 Å². The largest absolute Gasteiger partial charge is 0.476 e. The highest BCUT2D eigenvalue weighted by molar-refractivity contribution is 5.82. The van der Waals surface area contributed by atoms with Gasteiger partial charge >= 0.3 is 0 Å². The van der Waals surface area contributed by atoms with Crippen LogP contribution < -0.4 is 10.1 Å². The third kappa shape index (κ3) is 5.97. The number of rotatable bonds is 9. The van der Waals surface area contributed by atoms with Crippen molar-refractivity contribution in [2.75, 3.05) is 19.6 Å². The van der Waals surface area contributed by atoms with Gasteiger partial charge in [-0.1, -0.05) is 47.6 Å². The number of likely N-dealkylation sites (tertiary alicyclic amines) is 1. The molecule has 1 unspecified atom stereocenters. The number of hydrogen-bond acceptors (Lipinski definition) is 6. The van der Waals surface area contributed by atoms with Crippen molar-refractivity contribution < 1.29 is 18.8 Å². The quantitative estimate of drug-likeness (QED) is 0.502. The number of aromatic nitrogens is 2. The van der Waals surface area contributed by atoms with Crippen molar-refractivity contribution in [3.8, 4) is 17.1 Å². The molecule has 0 aliphatic carbocycles. The van der Waals surface area contributed by atoms with Crippen LogP contribution in [0.15, 0.2) is 59.1 Å². The van der Waals surface area contributed by atoms with Gasteiger partial charge in [0.25, 0.3) is 5.91 Å². The zero-order chi connectivity index (χ0) is 23.0. The first-order valence-electron chi connectivity index (χ1n) is 11.3. The van der Waals surface area contributed by atoms with Gasteiger partial charge in [0.15, 0.2) is 0 Å². The summed E-state index contributed by atoms with van der Waals surface area (Å²) in [5, 5.41) is 6.91. The summed E-state index contributed by atoms with van der Waals surface area (Å²) in [6, 6.07) is 16.6. The Labute approximate surface area is 192 Å². The van der Waals surface area contributed by atoms with Crippen LogP contribution in [0.4, 0.5) is 0 Å². The number of nitrogens with one attached hydrogen (secondary N) is 1. The summed E-state index contributed by atoms with van der Waals surface area (Å²) in [6.45, 7) is 3.66. The van der Waals surface area contributed by atoms with Crippen LogP contribution in [0.1, 0.15) is 43.2 Å². The lowest BCUT2D eigenvalue weighted by molar-refractivity contribution is -0.133. The topological polar surface area (TPSA) is 97.6 Å². The zero-order valence-corrected chi connectivity index (χ0v) is 18.7. The molecule has 2 aromatic carbocycles. The smallest absolute Gasteiger partial charge is 0.265 e. The lowest BCUT2D eigenvalue weighted by atomic mass is 10.1. The first-order chi connectivity index (χ1) is 16.1. The fourth-order valence-corrected chi connectivity index (χ4v) is 3.83. The Hall–Kier alpha value is -3.68. The van der Waals surface area contributed by atoms with E-state index in [1.54, 1.807) is 19.1 Å². The van der Waals surface area contributed by atoms with Crippen molar-refractivity contribution in [2.45, 2.75) is 38.7 Å². The highest BCUT2D eigenvalue weighted by Crippen LogP contribution is 2.26. The molecule has 172 valence electrons. The van der Waals surface area contributed by atoms with E-state index in [1.807, 2.05) is 47.4 Å². The third-order valence-corrected chi connectivity index (χ3v) is 5.54. The molecule has 3 aromatic rings. The molecule has 1 aliphatic rings. The maximum Gasteiger partial charge on any atom is 0.265 e. The minimum Gasteiger partial charge on any atom is -0.476 e. The molecule has 1 N–H and O–H groups in total. The molecule has 1 fully saturated rings. The molecule has 1 atom stereocenters. The van der Waals surface area contributed by atoms with Gasteiger partial charge in [0.05, 0.1) is 0 Å². The standard InChI is InChI=1S/C25H28N4O4/c1-18-27-24(28-33-18)20-11-7-12-21(17-20)32-23(19-9-3-2-4-10-19)25(31)26-14-8-16-29-15-6-5-13-22(29)30/h2-4,7,9-12,17,23H,5-6,8,13-16H2,1H3,(H,26,31). The van der Waals surface area contributed by atoms with Gasteiger partial charge in [-0.25, -0.2) is 0 Å². The van der Waals surface area contributed by atoms with Crippen LogP contribution in [0, 0.1) is 6.92 Å². The van der Waals surface area contributed by atoms with E-state index in [1.165, 1.54) is 0 Å². The molecule has 8 heteroatoms. The average molecular weight is 449 g/mol. The molecule has 1 aromatic heterocycles. The van der Waals surface area contributed by atoms with E-state index in [0.29, 0.717) is 43.4 Å². The molecule has 2 heterocycles. The number of hydrogen-bond donors (Lipinski definition) is 1. The van der Waals surface area contributed by atoms with Crippen LogP contribution in [0.2, 0.25) is 0 Å². The minimum atomic E-state index is -0.815. The molecular weight excluding hydrogens is 420 g/mol. The molecule has 0 saturated carbocycles. The Balaban J connectivity index is 1.41. The Morgan fingerprint density at radius 1 is 1.18 bits per heavy atom. The highest BCUT2D eigenvalue weighted by Gasteiger charge is 2.23. The fourth-order valence-electron chi connectivity index (χ4n) is 3.83. The van der Waals surface area contributed by atoms with Gasteiger partial charge in [0, 0.05) is 44.1 Å². The van der Waals surface area contributed by atoms with E-state index < -0.39 is 6.10 Å². The molecule has 0 spiro atoms. The van der Waals surface area contributed by atoms with Crippen molar-refractivity contribution >= 4 is 11.8 Å². The maximum atomic E-state index is 13.1. The molecule has 2 amide bonds. The van der Waals surface area contributed by atoms with Crippen molar-refractivity contribution in [3.63, 3.8) is 0 Å². The van der Waals surface area contributed by atoms with Gasteiger partial charge in [0.2, 0.25) is 23.7 Å². The monoisotopic (exact) mass is 448 g/mol. The Kier molecular flexibility index (Phi) is 7.34. The lowest BCUT2D eigenvalue weighted by Crippen LogP contribution is -2.38. The zero-order valence-electron chi connectivity index (χ0n) is 18.7. The molecule has 1 aliphatic heterocycles. The second-order valence-corrected chi connectivity index (χ2v) is 8.06. The number of carbonyl (C=O) groups is 2. The minimum absolute atomic E-state index is 0.203. The predicted octanol–water partition coefficient (Wildman–Crippen LogP) is 3.68. The second kappa shape index (κ2) is 10.8. The van der Waals surface area contributed by atoms with E-state index >= 15 is 0 Å². The lowest BCUT2D eigenvalue weighted by Gasteiger charge is -2.26. The summed E-state index contributed by atoms with van der Waals surface area (Å²) >= 11 is 0. The number of aryl methyl sites for hydroxylation is 1. The average Bonchev–Trinajstić information content (AvgIpc) is 3.28. The van der Waals surface area contributed by atoms with E-state index in [-0.39, 0.29) is 11.8 Å².